The lowest BCUT2D eigenvalue weighted by atomic mass is 10.1. The fraction of sp³-hybridized carbons (Fsp3) is 0.176. The van der Waals surface area contributed by atoms with Crippen LogP contribution in [0.1, 0.15) is 19.2 Å². The minimum absolute atomic E-state index is 0.962. The number of fused-ring (bicyclic) bond motifs is 2. The number of nitrogens with one attached hydrogen (secondary N) is 1. The van der Waals surface area contributed by atoms with Gasteiger partial charge in [-0.05, 0) is 30.7 Å². The lowest BCUT2D eigenvalue weighted by Crippen LogP contribution is -1.83. The minimum Gasteiger partial charge on any atom is -0.342 e. The molecule has 0 unspecified atom stereocenters. The second-order valence-corrected chi connectivity index (χ2v) is 5.26. The summed E-state index contributed by atoms with van der Waals surface area (Å²) < 4.78 is 2.04. The number of hydrogen-bond acceptors (Lipinski definition) is 2. The molecule has 4 aromatic rings. The van der Waals surface area contributed by atoms with Crippen molar-refractivity contribution >= 4 is 16.7 Å². The van der Waals surface area contributed by atoms with Crippen LogP contribution in [0.15, 0.2) is 48.8 Å². The quantitative estimate of drug-likeness (QED) is 0.618. The number of aryl methyl sites for hydroxylation is 1. The van der Waals surface area contributed by atoms with Gasteiger partial charge in [-0.15, -0.1) is 0 Å². The molecule has 0 bridgehead atoms. The summed E-state index contributed by atoms with van der Waals surface area (Å²) in [7, 11) is 0. The Bertz CT molecular complexity index is 884. The highest BCUT2D eigenvalue weighted by atomic mass is 15.0. The Labute approximate surface area is 122 Å². The molecule has 0 radical (unpaired) electrons. The third-order valence-electron chi connectivity index (χ3n) is 3.68. The molecule has 1 aromatic carbocycles. The van der Waals surface area contributed by atoms with Crippen molar-refractivity contribution in [1.82, 2.24) is 19.4 Å². The molecular formula is C17H16N4. The van der Waals surface area contributed by atoms with E-state index < -0.39 is 0 Å². The summed E-state index contributed by atoms with van der Waals surface area (Å²) in [6.07, 6.45) is 6.15. The van der Waals surface area contributed by atoms with Crippen LogP contribution in [0.5, 0.6) is 0 Å². The topological polar surface area (TPSA) is 46.0 Å². The van der Waals surface area contributed by atoms with Crippen molar-refractivity contribution in [3.05, 3.63) is 54.6 Å². The van der Waals surface area contributed by atoms with Crippen molar-refractivity contribution in [2.24, 2.45) is 0 Å². The summed E-state index contributed by atoms with van der Waals surface area (Å²) in [4.78, 5) is 12.7. The van der Waals surface area contributed by atoms with Gasteiger partial charge in [-0.25, -0.2) is 9.97 Å². The van der Waals surface area contributed by atoms with Gasteiger partial charge in [0.2, 0.25) is 0 Å². The largest absolute Gasteiger partial charge is 0.342 e. The molecular weight excluding hydrogens is 260 g/mol. The molecule has 0 aliphatic rings. The van der Waals surface area contributed by atoms with Gasteiger partial charge in [0.15, 0.2) is 0 Å². The molecule has 4 heteroatoms. The van der Waals surface area contributed by atoms with E-state index in [1.807, 2.05) is 28.8 Å². The number of nitrogens with zero attached hydrogens (tertiary/aromatic N) is 3. The molecule has 0 spiro atoms. The number of imidazole rings is 2. The highest BCUT2D eigenvalue weighted by Gasteiger charge is 2.07. The molecule has 21 heavy (non-hydrogen) atoms. The lowest BCUT2D eigenvalue weighted by Gasteiger charge is -1.95. The second kappa shape index (κ2) is 4.74. The number of hydrogen-bond donors (Lipinski definition) is 1. The fourth-order valence-corrected chi connectivity index (χ4v) is 2.65. The van der Waals surface area contributed by atoms with E-state index in [9.17, 15) is 0 Å². The van der Waals surface area contributed by atoms with Crippen LogP contribution >= 0.6 is 0 Å². The Morgan fingerprint density at radius 3 is 2.95 bits per heavy atom. The number of rotatable bonds is 3. The molecule has 4 nitrogen and oxygen atoms in total. The third-order valence-corrected chi connectivity index (χ3v) is 3.68. The molecule has 0 saturated carbocycles. The second-order valence-electron chi connectivity index (χ2n) is 5.26. The first-order valence-corrected chi connectivity index (χ1v) is 7.26. The van der Waals surface area contributed by atoms with Gasteiger partial charge < -0.3 is 9.38 Å². The van der Waals surface area contributed by atoms with Crippen molar-refractivity contribution in [1.29, 1.82) is 0 Å². The molecule has 0 aliphatic heterocycles. The summed E-state index contributed by atoms with van der Waals surface area (Å²) >= 11 is 0. The zero-order valence-electron chi connectivity index (χ0n) is 11.9. The van der Waals surface area contributed by atoms with E-state index in [2.05, 4.69) is 46.3 Å². The van der Waals surface area contributed by atoms with E-state index in [0.29, 0.717) is 0 Å². The first kappa shape index (κ1) is 12.1. The Hall–Kier alpha value is -2.62. The predicted molar refractivity (Wildman–Crippen MR) is 84.3 cm³/mol. The summed E-state index contributed by atoms with van der Waals surface area (Å²) in [6, 6.07) is 12.3. The van der Waals surface area contributed by atoms with Crippen LogP contribution in [-0.2, 0) is 6.42 Å². The van der Waals surface area contributed by atoms with Crippen molar-refractivity contribution in [3.8, 4) is 11.3 Å². The van der Waals surface area contributed by atoms with E-state index in [1.54, 1.807) is 0 Å². The molecule has 3 heterocycles. The maximum atomic E-state index is 4.66. The molecule has 1 N–H and O–H groups in total. The fourth-order valence-electron chi connectivity index (χ4n) is 2.65. The average molecular weight is 276 g/mol. The van der Waals surface area contributed by atoms with Gasteiger partial charge >= 0.3 is 0 Å². The Kier molecular flexibility index (Phi) is 2.74. The summed E-state index contributed by atoms with van der Waals surface area (Å²) in [5.74, 6) is 1.06. The van der Waals surface area contributed by atoms with Crippen LogP contribution in [0.2, 0.25) is 0 Å². The van der Waals surface area contributed by atoms with E-state index in [0.717, 1.165) is 46.6 Å². The van der Waals surface area contributed by atoms with E-state index in [-0.39, 0.29) is 0 Å². The molecule has 0 atom stereocenters. The van der Waals surface area contributed by atoms with Crippen molar-refractivity contribution in [3.63, 3.8) is 0 Å². The Balaban J connectivity index is 1.81. The summed E-state index contributed by atoms with van der Waals surface area (Å²) in [6.45, 7) is 2.16. The van der Waals surface area contributed by atoms with Gasteiger partial charge in [0, 0.05) is 24.4 Å². The standard InChI is InChI=1S/C17H16N4/c1-2-5-16-18-13-8-7-12(10-14(13)19-16)15-11-21-9-4-3-6-17(21)20-15/h3-4,6-11H,2,5H2,1H3,(H,18,19). The normalized spacial score (nSPS) is 11.5. The zero-order chi connectivity index (χ0) is 14.2. The molecule has 0 aliphatic carbocycles. The van der Waals surface area contributed by atoms with Crippen LogP contribution in [0.3, 0.4) is 0 Å². The molecule has 0 amide bonds. The molecule has 4 rings (SSSR count). The monoisotopic (exact) mass is 276 g/mol. The third kappa shape index (κ3) is 2.09. The minimum atomic E-state index is 0.962. The molecule has 0 saturated heterocycles. The first-order chi connectivity index (χ1) is 10.3. The van der Waals surface area contributed by atoms with Crippen molar-refractivity contribution in [2.45, 2.75) is 19.8 Å². The highest BCUT2D eigenvalue weighted by molar-refractivity contribution is 5.81. The number of H-pyrrole nitrogens is 1. The SMILES string of the molecule is CCCc1nc2ccc(-c3cn4ccccc4n3)cc2[nH]1. The van der Waals surface area contributed by atoms with E-state index >= 15 is 0 Å². The lowest BCUT2D eigenvalue weighted by molar-refractivity contribution is 0.861. The van der Waals surface area contributed by atoms with Crippen LogP contribution in [0.25, 0.3) is 27.9 Å². The number of aromatic nitrogens is 4. The van der Waals surface area contributed by atoms with Gasteiger partial charge in [-0.3, -0.25) is 0 Å². The van der Waals surface area contributed by atoms with Gasteiger partial charge in [0.1, 0.15) is 11.5 Å². The maximum absolute atomic E-state index is 4.66. The number of pyridine rings is 1. The van der Waals surface area contributed by atoms with Gasteiger partial charge in [0.25, 0.3) is 0 Å². The summed E-state index contributed by atoms with van der Waals surface area (Å²) in [5, 5.41) is 0. The predicted octanol–water partition coefficient (Wildman–Crippen LogP) is 3.83. The smallest absolute Gasteiger partial charge is 0.137 e. The van der Waals surface area contributed by atoms with E-state index in [4.69, 9.17) is 0 Å². The zero-order valence-corrected chi connectivity index (χ0v) is 11.9. The molecule has 3 aromatic heterocycles. The number of aromatic amines is 1. The van der Waals surface area contributed by atoms with Crippen LogP contribution in [-0.4, -0.2) is 19.4 Å². The first-order valence-electron chi connectivity index (χ1n) is 7.26. The van der Waals surface area contributed by atoms with Crippen LogP contribution < -0.4 is 0 Å². The highest BCUT2D eigenvalue weighted by Crippen LogP contribution is 2.23. The Morgan fingerprint density at radius 1 is 1.14 bits per heavy atom. The molecule has 0 fully saturated rings. The van der Waals surface area contributed by atoms with E-state index in [1.165, 1.54) is 0 Å². The van der Waals surface area contributed by atoms with Gasteiger partial charge in [-0.2, -0.15) is 0 Å². The Morgan fingerprint density at radius 2 is 2.10 bits per heavy atom. The van der Waals surface area contributed by atoms with Gasteiger partial charge in [-0.1, -0.05) is 19.1 Å². The van der Waals surface area contributed by atoms with Crippen LogP contribution in [0, 0.1) is 0 Å². The van der Waals surface area contributed by atoms with Gasteiger partial charge in [0.05, 0.1) is 16.7 Å². The average Bonchev–Trinajstić information content (AvgIpc) is 3.09. The van der Waals surface area contributed by atoms with Crippen molar-refractivity contribution < 1.29 is 0 Å². The molecule has 104 valence electrons. The van der Waals surface area contributed by atoms with Crippen LogP contribution in [0.4, 0.5) is 0 Å². The summed E-state index contributed by atoms with van der Waals surface area (Å²) in [5.41, 5.74) is 5.15. The van der Waals surface area contributed by atoms with Crippen molar-refractivity contribution in [2.75, 3.05) is 0 Å². The maximum Gasteiger partial charge on any atom is 0.137 e. The number of benzene rings is 1.